The van der Waals surface area contributed by atoms with Crippen LogP contribution in [0.3, 0.4) is 0 Å². The maximum atomic E-state index is 12.6. The van der Waals surface area contributed by atoms with Crippen molar-refractivity contribution in [1.29, 1.82) is 0 Å². The summed E-state index contributed by atoms with van der Waals surface area (Å²) in [5, 5.41) is 7.36. The van der Waals surface area contributed by atoms with Crippen molar-refractivity contribution in [3.8, 4) is 17.0 Å². The quantitative estimate of drug-likeness (QED) is 0.851. The minimum absolute atomic E-state index is 0.277. The Balaban J connectivity index is 1.41. The standard InChI is InChI=1S/C21H28N4O2/c1-2-27-19-9-7-16(8-10-19)21-17(13-22-23-21)14-24-11-12-25(20(26)15-24)18-5-3-4-6-18/h7-10,13,18H,2-6,11-12,14-15H2,1H3,(H,22,23). The molecule has 6 heteroatoms. The van der Waals surface area contributed by atoms with Gasteiger partial charge in [0, 0.05) is 36.8 Å². The van der Waals surface area contributed by atoms with Crippen molar-refractivity contribution in [3.05, 3.63) is 36.0 Å². The van der Waals surface area contributed by atoms with Gasteiger partial charge in [0.1, 0.15) is 5.75 Å². The number of ether oxygens (including phenoxy) is 1. The number of carbonyl (C=O) groups excluding carboxylic acids is 1. The first kappa shape index (κ1) is 18.0. The molecule has 0 atom stereocenters. The van der Waals surface area contributed by atoms with Crippen molar-refractivity contribution in [2.24, 2.45) is 0 Å². The van der Waals surface area contributed by atoms with E-state index in [-0.39, 0.29) is 5.91 Å². The second-order valence-corrected chi connectivity index (χ2v) is 7.46. The van der Waals surface area contributed by atoms with Crippen molar-refractivity contribution in [2.75, 3.05) is 26.2 Å². The Labute approximate surface area is 160 Å². The molecule has 2 aliphatic rings. The van der Waals surface area contributed by atoms with Crippen molar-refractivity contribution in [1.82, 2.24) is 20.0 Å². The summed E-state index contributed by atoms with van der Waals surface area (Å²) in [5.41, 5.74) is 3.23. The number of nitrogens with one attached hydrogen (secondary N) is 1. The van der Waals surface area contributed by atoms with Gasteiger partial charge in [-0.25, -0.2) is 0 Å². The first-order valence-corrected chi connectivity index (χ1v) is 10.0. The number of benzene rings is 1. The Morgan fingerprint density at radius 3 is 2.67 bits per heavy atom. The number of hydrogen-bond acceptors (Lipinski definition) is 4. The molecular formula is C21H28N4O2. The van der Waals surface area contributed by atoms with E-state index in [0.717, 1.165) is 42.2 Å². The lowest BCUT2D eigenvalue weighted by Crippen LogP contribution is -2.53. The van der Waals surface area contributed by atoms with E-state index in [2.05, 4.69) is 20.0 Å². The first-order chi connectivity index (χ1) is 13.2. The maximum absolute atomic E-state index is 12.6. The van der Waals surface area contributed by atoms with Gasteiger partial charge in [0.15, 0.2) is 0 Å². The number of piperazine rings is 1. The van der Waals surface area contributed by atoms with Gasteiger partial charge in [-0.15, -0.1) is 0 Å². The van der Waals surface area contributed by atoms with Gasteiger partial charge in [-0.05, 0) is 44.0 Å². The van der Waals surface area contributed by atoms with Crippen LogP contribution >= 0.6 is 0 Å². The average molecular weight is 368 g/mol. The normalized spacial score (nSPS) is 19.0. The Morgan fingerprint density at radius 1 is 1.19 bits per heavy atom. The molecule has 1 saturated carbocycles. The van der Waals surface area contributed by atoms with Crippen LogP contribution in [0.4, 0.5) is 0 Å². The summed E-state index contributed by atoms with van der Waals surface area (Å²) in [6.45, 7) is 5.66. The number of aromatic nitrogens is 2. The van der Waals surface area contributed by atoms with E-state index in [1.807, 2.05) is 37.4 Å². The molecule has 0 bridgehead atoms. The third-order valence-corrected chi connectivity index (χ3v) is 5.67. The highest BCUT2D eigenvalue weighted by atomic mass is 16.5. The minimum atomic E-state index is 0.277. The highest BCUT2D eigenvalue weighted by Crippen LogP contribution is 2.27. The van der Waals surface area contributed by atoms with E-state index in [0.29, 0.717) is 19.2 Å². The van der Waals surface area contributed by atoms with Crippen molar-refractivity contribution in [2.45, 2.75) is 45.2 Å². The minimum Gasteiger partial charge on any atom is -0.494 e. The van der Waals surface area contributed by atoms with E-state index < -0.39 is 0 Å². The van der Waals surface area contributed by atoms with Crippen LogP contribution in [0.25, 0.3) is 11.3 Å². The van der Waals surface area contributed by atoms with E-state index in [1.54, 1.807) is 0 Å². The molecule has 2 aromatic rings. The molecule has 2 fully saturated rings. The van der Waals surface area contributed by atoms with E-state index in [9.17, 15) is 4.79 Å². The first-order valence-electron chi connectivity index (χ1n) is 10.0. The molecule has 4 rings (SSSR count). The number of rotatable bonds is 6. The van der Waals surface area contributed by atoms with Crippen LogP contribution in [0.5, 0.6) is 5.75 Å². The molecule has 0 radical (unpaired) electrons. The predicted octanol–water partition coefficient (Wildman–Crippen LogP) is 3.06. The summed E-state index contributed by atoms with van der Waals surface area (Å²) < 4.78 is 5.52. The number of aromatic amines is 1. The second-order valence-electron chi connectivity index (χ2n) is 7.46. The molecule has 1 N–H and O–H groups in total. The van der Waals surface area contributed by atoms with Crippen molar-refractivity contribution < 1.29 is 9.53 Å². The molecule has 1 aliphatic heterocycles. The van der Waals surface area contributed by atoms with Gasteiger partial charge in [-0.3, -0.25) is 14.8 Å². The Morgan fingerprint density at radius 2 is 1.96 bits per heavy atom. The fourth-order valence-corrected chi connectivity index (χ4v) is 4.28. The average Bonchev–Trinajstić information content (AvgIpc) is 3.35. The van der Waals surface area contributed by atoms with E-state index >= 15 is 0 Å². The third kappa shape index (κ3) is 4.00. The predicted molar refractivity (Wildman–Crippen MR) is 104 cm³/mol. The molecule has 1 amide bonds. The van der Waals surface area contributed by atoms with Crippen LogP contribution in [0.1, 0.15) is 38.2 Å². The largest absolute Gasteiger partial charge is 0.494 e. The zero-order valence-corrected chi connectivity index (χ0v) is 16.0. The lowest BCUT2D eigenvalue weighted by molar-refractivity contribution is -0.138. The SMILES string of the molecule is CCOc1ccc(-c2[nH]ncc2CN2CCN(C3CCCC3)C(=O)C2)cc1. The number of carbonyl (C=O) groups is 1. The zero-order chi connectivity index (χ0) is 18.6. The summed E-state index contributed by atoms with van der Waals surface area (Å²) >= 11 is 0. The van der Waals surface area contributed by atoms with Crippen LogP contribution in [-0.4, -0.2) is 58.2 Å². The molecule has 144 valence electrons. The van der Waals surface area contributed by atoms with Gasteiger partial charge < -0.3 is 9.64 Å². The number of amides is 1. The highest BCUT2D eigenvalue weighted by molar-refractivity contribution is 5.79. The topological polar surface area (TPSA) is 61.5 Å². The molecule has 1 aromatic heterocycles. The third-order valence-electron chi connectivity index (χ3n) is 5.67. The molecule has 1 aliphatic carbocycles. The van der Waals surface area contributed by atoms with Gasteiger partial charge in [0.2, 0.25) is 5.91 Å². The maximum Gasteiger partial charge on any atom is 0.237 e. The van der Waals surface area contributed by atoms with Gasteiger partial charge in [0.25, 0.3) is 0 Å². The Bertz CT molecular complexity index is 765. The lowest BCUT2D eigenvalue weighted by Gasteiger charge is -2.37. The zero-order valence-electron chi connectivity index (χ0n) is 16.0. The van der Waals surface area contributed by atoms with Crippen molar-refractivity contribution in [3.63, 3.8) is 0 Å². The van der Waals surface area contributed by atoms with Crippen LogP contribution in [-0.2, 0) is 11.3 Å². The van der Waals surface area contributed by atoms with Crippen LogP contribution in [0.2, 0.25) is 0 Å². The Kier molecular flexibility index (Phi) is 5.43. The molecule has 2 heterocycles. The summed E-state index contributed by atoms with van der Waals surface area (Å²) in [6, 6.07) is 8.53. The molecule has 0 spiro atoms. The summed E-state index contributed by atoms with van der Waals surface area (Å²) in [5.74, 6) is 1.15. The van der Waals surface area contributed by atoms with Gasteiger partial charge in [-0.1, -0.05) is 12.8 Å². The van der Waals surface area contributed by atoms with Crippen LogP contribution in [0, 0.1) is 0 Å². The number of nitrogens with zero attached hydrogens (tertiary/aromatic N) is 3. The highest BCUT2D eigenvalue weighted by Gasteiger charge is 2.31. The van der Waals surface area contributed by atoms with Crippen LogP contribution < -0.4 is 4.74 Å². The lowest BCUT2D eigenvalue weighted by atomic mass is 10.1. The molecule has 27 heavy (non-hydrogen) atoms. The summed E-state index contributed by atoms with van der Waals surface area (Å²) in [4.78, 5) is 17.0. The van der Waals surface area contributed by atoms with Gasteiger partial charge in [-0.2, -0.15) is 5.10 Å². The molecule has 0 unspecified atom stereocenters. The fourth-order valence-electron chi connectivity index (χ4n) is 4.28. The van der Waals surface area contributed by atoms with E-state index in [4.69, 9.17) is 4.74 Å². The van der Waals surface area contributed by atoms with Gasteiger partial charge in [0.05, 0.1) is 25.0 Å². The molecule has 1 saturated heterocycles. The monoisotopic (exact) mass is 368 g/mol. The Hall–Kier alpha value is -2.34. The summed E-state index contributed by atoms with van der Waals surface area (Å²) in [6.07, 6.45) is 6.75. The number of hydrogen-bond donors (Lipinski definition) is 1. The number of H-pyrrole nitrogens is 1. The second kappa shape index (κ2) is 8.13. The van der Waals surface area contributed by atoms with Gasteiger partial charge >= 0.3 is 0 Å². The molecular weight excluding hydrogens is 340 g/mol. The van der Waals surface area contributed by atoms with Crippen LogP contribution in [0.15, 0.2) is 30.5 Å². The van der Waals surface area contributed by atoms with E-state index in [1.165, 1.54) is 25.7 Å². The molecule has 1 aromatic carbocycles. The fraction of sp³-hybridized carbons (Fsp3) is 0.524. The van der Waals surface area contributed by atoms with Crippen molar-refractivity contribution >= 4 is 5.91 Å². The smallest absolute Gasteiger partial charge is 0.237 e. The summed E-state index contributed by atoms with van der Waals surface area (Å²) in [7, 11) is 0. The molecule has 6 nitrogen and oxygen atoms in total.